The van der Waals surface area contributed by atoms with Crippen LogP contribution in [0.2, 0.25) is 0 Å². The molecule has 0 saturated carbocycles. The smallest absolute Gasteiger partial charge is 0.306 e. The molecule has 3 aromatic rings. The zero-order valence-electron chi connectivity index (χ0n) is 18.5. The van der Waals surface area contributed by atoms with E-state index < -0.39 is 5.97 Å². The Morgan fingerprint density at radius 1 is 0.906 bits per heavy atom. The Labute approximate surface area is 189 Å². The molecular weight excluding hydrogens is 402 g/mol. The summed E-state index contributed by atoms with van der Waals surface area (Å²) in [5.41, 5.74) is 4.50. The van der Waals surface area contributed by atoms with Gasteiger partial charge in [-0.2, -0.15) is 0 Å². The van der Waals surface area contributed by atoms with Gasteiger partial charge < -0.3 is 14.6 Å². The van der Waals surface area contributed by atoms with Crippen LogP contribution in [0, 0.1) is 5.92 Å². The SMILES string of the molecule is COc1ccc(OC)c(C(c2ccc(-c3ccccc3)cc2)N2CCC(C(=O)O)CC2)c1. The predicted molar refractivity (Wildman–Crippen MR) is 125 cm³/mol. The third-order valence-corrected chi connectivity index (χ3v) is 6.31. The van der Waals surface area contributed by atoms with Gasteiger partial charge in [0.15, 0.2) is 0 Å². The second kappa shape index (κ2) is 9.88. The fourth-order valence-electron chi connectivity index (χ4n) is 4.53. The zero-order valence-corrected chi connectivity index (χ0v) is 18.5. The number of carboxylic acid groups (broad SMARTS) is 1. The lowest BCUT2D eigenvalue weighted by Gasteiger charge is -2.37. The van der Waals surface area contributed by atoms with Crippen LogP contribution in [0.25, 0.3) is 11.1 Å². The van der Waals surface area contributed by atoms with Crippen molar-refractivity contribution in [2.24, 2.45) is 5.92 Å². The second-order valence-corrected chi connectivity index (χ2v) is 8.15. The Morgan fingerprint density at radius 2 is 1.56 bits per heavy atom. The highest BCUT2D eigenvalue weighted by molar-refractivity contribution is 5.70. The minimum absolute atomic E-state index is 0.0559. The largest absolute Gasteiger partial charge is 0.497 e. The van der Waals surface area contributed by atoms with Crippen molar-refractivity contribution < 1.29 is 19.4 Å². The Bertz CT molecular complexity index is 1040. The first-order chi connectivity index (χ1) is 15.6. The van der Waals surface area contributed by atoms with E-state index in [-0.39, 0.29) is 12.0 Å². The molecule has 3 aromatic carbocycles. The van der Waals surface area contributed by atoms with Crippen LogP contribution in [0.5, 0.6) is 11.5 Å². The van der Waals surface area contributed by atoms with E-state index >= 15 is 0 Å². The molecule has 0 amide bonds. The molecule has 1 aliphatic heterocycles. The molecule has 32 heavy (non-hydrogen) atoms. The lowest BCUT2D eigenvalue weighted by molar-refractivity contribution is -0.143. The number of nitrogens with zero attached hydrogens (tertiary/aromatic N) is 1. The Balaban J connectivity index is 1.72. The maximum Gasteiger partial charge on any atom is 0.306 e. The fraction of sp³-hybridized carbons (Fsp3) is 0.296. The van der Waals surface area contributed by atoms with Crippen molar-refractivity contribution in [3.63, 3.8) is 0 Å². The quantitative estimate of drug-likeness (QED) is 0.553. The monoisotopic (exact) mass is 431 g/mol. The van der Waals surface area contributed by atoms with Crippen molar-refractivity contribution in [1.82, 2.24) is 4.90 Å². The van der Waals surface area contributed by atoms with Gasteiger partial charge in [0.2, 0.25) is 0 Å². The molecule has 1 heterocycles. The highest BCUT2D eigenvalue weighted by atomic mass is 16.5. The van der Waals surface area contributed by atoms with Gasteiger partial charge in [-0.1, -0.05) is 54.6 Å². The topological polar surface area (TPSA) is 59.0 Å². The molecule has 1 fully saturated rings. The van der Waals surface area contributed by atoms with Gasteiger partial charge in [0.25, 0.3) is 0 Å². The van der Waals surface area contributed by atoms with E-state index in [1.54, 1.807) is 14.2 Å². The normalized spacial score (nSPS) is 15.8. The summed E-state index contributed by atoms with van der Waals surface area (Å²) < 4.78 is 11.2. The van der Waals surface area contributed by atoms with Crippen molar-refractivity contribution >= 4 is 5.97 Å². The van der Waals surface area contributed by atoms with Crippen LogP contribution in [0.15, 0.2) is 72.8 Å². The summed E-state index contributed by atoms with van der Waals surface area (Å²) in [5.74, 6) is 0.586. The van der Waals surface area contributed by atoms with Crippen LogP contribution in [-0.2, 0) is 4.79 Å². The molecule has 1 saturated heterocycles. The molecule has 1 N–H and O–H groups in total. The van der Waals surface area contributed by atoms with Crippen LogP contribution in [0.3, 0.4) is 0 Å². The van der Waals surface area contributed by atoms with Gasteiger partial charge in [-0.15, -0.1) is 0 Å². The number of hydrogen-bond acceptors (Lipinski definition) is 4. The number of carboxylic acids is 1. The third kappa shape index (κ3) is 4.63. The van der Waals surface area contributed by atoms with Crippen molar-refractivity contribution in [3.8, 4) is 22.6 Å². The van der Waals surface area contributed by atoms with Crippen LogP contribution >= 0.6 is 0 Å². The molecule has 1 atom stereocenters. The molecule has 0 aromatic heterocycles. The molecular formula is C27H29NO4. The summed E-state index contributed by atoms with van der Waals surface area (Å²) in [6.45, 7) is 1.42. The summed E-state index contributed by atoms with van der Waals surface area (Å²) in [5, 5.41) is 9.43. The molecule has 5 heteroatoms. The number of methoxy groups -OCH3 is 2. The van der Waals surface area contributed by atoms with Crippen LogP contribution < -0.4 is 9.47 Å². The summed E-state index contributed by atoms with van der Waals surface area (Å²) in [7, 11) is 3.34. The molecule has 0 bridgehead atoms. The lowest BCUT2D eigenvalue weighted by atomic mass is 9.90. The van der Waals surface area contributed by atoms with E-state index in [1.165, 1.54) is 5.56 Å². The molecule has 1 aliphatic rings. The number of hydrogen-bond donors (Lipinski definition) is 1. The van der Waals surface area contributed by atoms with Crippen molar-refractivity contribution in [1.29, 1.82) is 0 Å². The molecule has 5 nitrogen and oxygen atoms in total. The summed E-state index contributed by atoms with van der Waals surface area (Å²) in [4.78, 5) is 13.8. The Morgan fingerprint density at radius 3 is 2.16 bits per heavy atom. The van der Waals surface area contributed by atoms with E-state index in [2.05, 4.69) is 41.3 Å². The average Bonchev–Trinajstić information content (AvgIpc) is 2.85. The molecule has 0 aliphatic carbocycles. The summed E-state index contributed by atoms with van der Waals surface area (Å²) in [6, 6.07) is 24.7. The molecule has 4 rings (SSSR count). The number of benzene rings is 3. The maximum absolute atomic E-state index is 11.5. The number of piperidine rings is 1. The number of rotatable bonds is 7. The first-order valence-corrected chi connectivity index (χ1v) is 10.9. The van der Waals surface area contributed by atoms with Gasteiger partial charge in [-0.25, -0.2) is 0 Å². The average molecular weight is 432 g/mol. The molecule has 0 spiro atoms. The van der Waals surface area contributed by atoms with Crippen LogP contribution in [0.1, 0.15) is 30.0 Å². The van der Waals surface area contributed by atoms with Crippen molar-refractivity contribution in [2.75, 3.05) is 27.3 Å². The zero-order chi connectivity index (χ0) is 22.5. The molecule has 166 valence electrons. The van der Waals surface area contributed by atoms with E-state index in [1.807, 2.05) is 36.4 Å². The maximum atomic E-state index is 11.5. The van der Waals surface area contributed by atoms with E-state index in [4.69, 9.17) is 9.47 Å². The van der Waals surface area contributed by atoms with Crippen molar-refractivity contribution in [2.45, 2.75) is 18.9 Å². The van der Waals surface area contributed by atoms with Crippen LogP contribution in [0.4, 0.5) is 0 Å². The predicted octanol–water partition coefficient (Wildman–Crippen LogP) is 5.26. The molecule has 1 unspecified atom stereocenters. The van der Waals surface area contributed by atoms with E-state index in [0.717, 1.165) is 28.2 Å². The van der Waals surface area contributed by atoms with Gasteiger partial charge in [-0.3, -0.25) is 9.69 Å². The summed E-state index contributed by atoms with van der Waals surface area (Å²) >= 11 is 0. The first kappa shape index (κ1) is 21.9. The van der Waals surface area contributed by atoms with Gasteiger partial charge in [0.1, 0.15) is 11.5 Å². The second-order valence-electron chi connectivity index (χ2n) is 8.15. The number of ether oxygens (including phenoxy) is 2. The molecule has 0 radical (unpaired) electrons. The Hall–Kier alpha value is -3.31. The third-order valence-electron chi connectivity index (χ3n) is 6.31. The van der Waals surface area contributed by atoms with E-state index in [9.17, 15) is 9.90 Å². The lowest BCUT2D eigenvalue weighted by Crippen LogP contribution is -2.39. The van der Waals surface area contributed by atoms with Gasteiger partial charge in [-0.05, 0) is 60.8 Å². The van der Waals surface area contributed by atoms with Gasteiger partial charge in [0, 0.05) is 5.56 Å². The standard InChI is InChI=1S/C27H29NO4/c1-31-23-12-13-25(32-2)24(18-23)26(28-16-14-22(15-17-28)27(29)30)21-10-8-20(9-11-21)19-6-4-3-5-7-19/h3-13,18,22,26H,14-17H2,1-2H3,(H,29,30). The summed E-state index contributed by atoms with van der Waals surface area (Å²) in [6.07, 6.45) is 1.28. The highest BCUT2D eigenvalue weighted by Crippen LogP contribution is 2.39. The minimum Gasteiger partial charge on any atom is -0.497 e. The minimum atomic E-state index is -0.702. The Kier molecular flexibility index (Phi) is 6.76. The van der Waals surface area contributed by atoms with Crippen molar-refractivity contribution in [3.05, 3.63) is 83.9 Å². The van der Waals surface area contributed by atoms with E-state index in [0.29, 0.717) is 25.9 Å². The van der Waals surface area contributed by atoms with Gasteiger partial charge >= 0.3 is 5.97 Å². The fourth-order valence-corrected chi connectivity index (χ4v) is 4.53. The number of aliphatic carboxylic acids is 1. The highest BCUT2D eigenvalue weighted by Gasteiger charge is 2.31. The first-order valence-electron chi connectivity index (χ1n) is 10.9. The number of carbonyl (C=O) groups is 1. The van der Waals surface area contributed by atoms with Crippen LogP contribution in [-0.4, -0.2) is 43.3 Å². The van der Waals surface area contributed by atoms with Gasteiger partial charge in [0.05, 0.1) is 26.2 Å². The number of likely N-dealkylation sites (tertiary alicyclic amines) is 1.